The maximum atomic E-state index is 13.0. The molecule has 1 fully saturated rings. The normalized spacial score (nSPS) is 19.0. The Labute approximate surface area is 141 Å². The van der Waals surface area contributed by atoms with Crippen molar-refractivity contribution in [3.8, 4) is 5.75 Å². The van der Waals surface area contributed by atoms with E-state index >= 15 is 0 Å². The third kappa shape index (κ3) is 3.24. The molecular formula is C17H19NO3S2. The lowest BCUT2D eigenvalue weighted by molar-refractivity contribution is 0.414. The Morgan fingerprint density at radius 2 is 1.74 bits per heavy atom. The Bertz CT molecular complexity index is 770. The summed E-state index contributed by atoms with van der Waals surface area (Å²) in [6, 6.07) is 14.6. The third-order valence-corrected chi connectivity index (χ3v) is 7.15. The van der Waals surface area contributed by atoms with Crippen LogP contribution in [0.1, 0.15) is 16.5 Å². The van der Waals surface area contributed by atoms with Crippen LogP contribution in [0.3, 0.4) is 0 Å². The Morgan fingerprint density at radius 1 is 1.09 bits per heavy atom. The number of rotatable bonds is 4. The van der Waals surface area contributed by atoms with E-state index in [9.17, 15) is 8.42 Å². The second-order valence-electron chi connectivity index (χ2n) is 5.43. The van der Waals surface area contributed by atoms with Gasteiger partial charge in [0.1, 0.15) is 5.75 Å². The quantitative estimate of drug-likeness (QED) is 0.848. The first-order valence-electron chi connectivity index (χ1n) is 7.36. The maximum Gasteiger partial charge on any atom is 0.244 e. The smallest absolute Gasteiger partial charge is 0.244 e. The minimum absolute atomic E-state index is 0.164. The Morgan fingerprint density at radius 3 is 2.35 bits per heavy atom. The van der Waals surface area contributed by atoms with Crippen molar-refractivity contribution in [1.82, 2.24) is 4.31 Å². The molecule has 0 radical (unpaired) electrons. The molecule has 0 aromatic heterocycles. The molecule has 0 saturated carbocycles. The van der Waals surface area contributed by atoms with Gasteiger partial charge in [0, 0.05) is 12.3 Å². The molecule has 1 saturated heterocycles. The standard InChI is InChI=1S/C17H19NO3S2/c1-13-3-5-14(6-4-13)17-18(11-12-22-17)23(19,20)16-9-7-15(21-2)8-10-16/h3-10,17H,11-12H2,1-2H3/t17-/m0/s1. The Hall–Kier alpha value is -1.50. The van der Waals surface area contributed by atoms with Crippen LogP contribution >= 0.6 is 11.8 Å². The number of benzene rings is 2. The minimum Gasteiger partial charge on any atom is -0.497 e. The van der Waals surface area contributed by atoms with E-state index in [0.717, 1.165) is 11.3 Å². The molecule has 0 N–H and O–H groups in total. The van der Waals surface area contributed by atoms with Gasteiger partial charge in [-0.3, -0.25) is 0 Å². The van der Waals surface area contributed by atoms with Crippen molar-refractivity contribution in [3.05, 3.63) is 59.7 Å². The van der Waals surface area contributed by atoms with Crippen LogP contribution in [-0.4, -0.2) is 32.1 Å². The summed E-state index contributed by atoms with van der Waals surface area (Å²) in [6.45, 7) is 2.55. The highest BCUT2D eigenvalue weighted by atomic mass is 32.2. The van der Waals surface area contributed by atoms with Crippen molar-refractivity contribution in [2.75, 3.05) is 19.4 Å². The molecule has 0 aliphatic carbocycles. The highest BCUT2D eigenvalue weighted by Gasteiger charge is 2.36. The topological polar surface area (TPSA) is 46.6 Å². The summed E-state index contributed by atoms with van der Waals surface area (Å²) in [7, 11) is -1.95. The molecule has 0 bridgehead atoms. The van der Waals surface area contributed by atoms with E-state index in [1.165, 1.54) is 5.56 Å². The van der Waals surface area contributed by atoms with Gasteiger partial charge < -0.3 is 4.74 Å². The van der Waals surface area contributed by atoms with Gasteiger partial charge in [0.05, 0.1) is 17.4 Å². The van der Waals surface area contributed by atoms with E-state index in [0.29, 0.717) is 17.2 Å². The van der Waals surface area contributed by atoms with Crippen LogP contribution in [-0.2, 0) is 10.0 Å². The van der Waals surface area contributed by atoms with Gasteiger partial charge >= 0.3 is 0 Å². The summed E-state index contributed by atoms with van der Waals surface area (Å²) in [5.74, 6) is 1.45. The number of sulfonamides is 1. The molecule has 0 spiro atoms. The first-order chi connectivity index (χ1) is 11.0. The molecule has 3 rings (SSSR count). The lowest BCUT2D eigenvalue weighted by Gasteiger charge is -2.23. The van der Waals surface area contributed by atoms with Crippen molar-refractivity contribution in [2.45, 2.75) is 17.2 Å². The van der Waals surface area contributed by atoms with Crippen LogP contribution in [0, 0.1) is 6.92 Å². The van der Waals surface area contributed by atoms with E-state index in [1.54, 1.807) is 47.4 Å². The van der Waals surface area contributed by atoms with E-state index in [4.69, 9.17) is 4.74 Å². The van der Waals surface area contributed by atoms with Crippen LogP contribution in [0.2, 0.25) is 0 Å². The molecule has 122 valence electrons. The molecule has 2 aromatic carbocycles. The van der Waals surface area contributed by atoms with E-state index < -0.39 is 10.0 Å². The fourth-order valence-corrected chi connectivity index (χ4v) is 5.82. The second kappa shape index (κ2) is 6.55. The molecular weight excluding hydrogens is 330 g/mol. The number of ether oxygens (including phenoxy) is 1. The molecule has 2 aromatic rings. The van der Waals surface area contributed by atoms with E-state index in [1.807, 2.05) is 31.2 Å². The summed E-state index contributed by atoms with van der Waals surface area (Å²) >= 11 is 1.66. The molecule has 1 aliphatic heterocycles. The van der Waals surface area contributed by atoms with Crippen molar-refractivity contribution in [1.29, 1.82) is 0 Å². The summed E-state index contributed by atoms with van der Waals surface area (Å²) < 4.78 is 32.6. The van der Waals surface area contributed by atoms with Crippen molar-refractivity contribution >= 4 is 21.8 Å². The van der Waals surface area contributed by atoms with Crippen molar-refractivity contribution < 1.29 is 13.2 Å². The van der Waals surface area contributed by atoms with E-state index in [-0.39, 0.29) is 5.37 Å². The van der Waals surface area contributed by atoms with E-state index in [2.05, 4.69) is 0 Å². The van der Waals surface area contributed by atoms with Gasteiger partial charge in [-0.2, -0.15) is 4.31 Å². The molecule has 23 heavy (non-hydrogen) atoms. The zero-order chi connectivity index (χ0) is 16.4. The molecule has 0 unspecified atom stereocenters. The molecule has 1 atom stereocenters. The predicted molar refractivity (Wildman–Crippen MR) is 93.3 cm³/mol. The van der Waals surface area contributed by atoms with Gasteiger partial charge in [0.25, 0.3) is 0 Å². The highest BCUT2D eigenvalue weighted by molar-refractivity contribution is 8.01. The predicted octanol–water partition coefficient (Wildman–Crippen LogP) is 3.44. The van der Waals surface area contributed by atoms with Crippen LogP contribution in [0.15, 0.2) is 53.4 Å². The van der Waals surface area contributed by atoms with Gasteiger partial charge in [0.2, 0.25) is 10.0 Å². The fourth-order valence-electron chi connectivity index (χ4n) is 2.58. The zero-order valence-corrected chi connectivity index (χ0v) is 14.7. The Kier molecular flexibility index (Phi) is 4.66. The molecule has 6 heteroatoms. The largest absolute Gasteiger partial charge is 0.497 e. The molecule has 4 nitrogen and oxygen atoms in total. The molecule has 1 heterocycles. The third-order valence-electron chi connectivity index (χ3n) is 3.88. The minimum atomic E-state index is -3.51. The van der Waals surface area contributed by atoms with Crippen molar-refractivity contribution in [3.63, 3.8) is 0 Å². The number of hydrogen-bond acceptors (Lipinski definition) is 4. The zero-order valence-electron chi connectivity index (χ0n) is 13.1. The SMILES string of the molecule is COc1ccc(S(=O)(=O)N2CCS[C@H]2c2ccc(C)cc2)cc1. The first kappa shape index (κ1) is 16.4. The van der Waals surface area contributed by atoms with Gasteiger partial charge in [-0.1, -0.05) is 29.8 Å². The fraction of sp³-hybridized carbons (Fsp3) is 0.294. The average Bonchev–Trinajstić information content (AvgIpc) is 3.06. The van der Waals surface area contributed by atoms with Gasteiger partial charge in [-0.15, -0.1) is 11.8 Å². The van der Waals surface area contributed by atoms with Crippen LogP contribution in [0.4, 0.5) is 0 Å². The number of nitrogens with zero attached hydrogens (tertiary/aromatic N) is 1. The lowest BCUT2D eigenvalue weighted by atomic mass is 10.1. The summed E-state index contributed by atoms with van der Waals surface area (Å²) in [5.41, 5.74) is 2.19. The number of thioether (sulfide) groups is 1. The van der Waals surface area contributed by atoms with Crippen LogP contribution < -0.4 is 4.74 Å². The lowest BCUT2D eigenvalue weighted by Crippen LogP contribution is -2.30. The summed E-state index contributed by atoms with van der Waals surface area (Å²) in [6.07, 6.45) is 0. The number of hydrogen-bond donors (Lipinski definition) is 0. The average molecular weight is 349 g/mol. The molecule has 1 aliphatic rings. The number of methoxy groups -OCH3 is 1. The Balaban J connectivity index is 1.92. The maximum absolute atomic E-state index is 13.0. The van der Waals surface area contributed by atoms with Gasteiger partial charge in [-0.05, 0) is 36.8 Å². The van der Waals surface area contributed by atoms with Crippen LogP contribution in [0.25, 0.3) is 0 Å². The second-order valence-corrected chi connectivity index (χ2v) is 8.50. The highest BCUT2D eigenvalue weighted by Crippen LogP contribution is 2.41. The van der Waals surface area contributed by atoms with Gasteiger partial charge in [0.15, 0.2) is 0 Å². The number of aryl methyl sites for hydroxylation is 1. The van der Waals surface area contributed by atoms with Crippen LogP contribution in [0.5, 0.6) is 5.75 Å². The monoisotopic (exact) mass is 349 g/mol. The summed E-state index contributed by atoms with van der Waals surface area (Å²) in [4.78, 5) is 0.304. The van der Waals surface area contributed by atoms with Gasteiger partial charge in [-0.25, -0.2) is 8.42 Å². The molecule has 0 amide bonds. The summed E-state index contributed by atoms with van der Waals surface area (Å²) in [5, 5.41) is -0.164. The first-order valence-corrected chi connectivity index (χ1v) is 9.85. The van der Waals surface area contributed by atoms with Crippen molar-refractivity contribution in [2.24, 2.45) is 0 Å².